The maximum absolute atomic E-state index is 6.62. The first kappa shape index (κ1) is 14.6. The fourth-order valence-electron chi connectivity index (χ4n) is 5.21. The van der Waals surface area contributed by atoms with E-state index in [1.165, 1.54) is 0 Å². The van der Waals surface area contributed by atoms with Crippen LogP contribution in [-0.2, 0) is 18.6 Å². The van der Waals surface area contributed by atoms with Crippen molar-refractivity contribution in [2.24, 2.45) is 5.92 Å². The summed E-state index contributed by atoms with van der Waals surface area (Å²) in [5, 5.41) is 0. The minimum atomic E-state index is -1.57. The summed E-state index contributed by atoms with van der Waals surface area (Å²) in [6.07, 6.45) is 2.09. The molecule has 0 aromatic heterocycles. The lowest BCUT2D eigenvalue weighted by atomic mass is 9.91. The van der Waals surface area contributed by atoms with Crippen molar-refractivity contribution in [1.82, 2.24) is 0 Å². The summed E-state index contributed by atoms with van der Waals surface area (Å²) in [5.74, 6) is -0.0619. The van der Waals surface area contributed by atoms with E-state index in [1.807, 2.05) is 13.8 Å². The normalized spacial score (nSPS) is 57.0. The first-order valence-electron chi connectivity index (χ1n) is 8.15. The quantitative estimate of drug-likeness (QED) is 0.734. The second-order valence-electron chi connectivity index (χ2n) is 9.29. The molecule has 3 saturated heterocycles. The van der Waals surface area contributed by atoms with Gasteiger partial charge in [0.25, 0.3) is 0 Å². The second-order valence-corrected chi connectivity index (χ2v) is 13.7. The van der Waals surface area contributed by atoms with Crippen molar-refractivity contribution in [2.75, 3.05) is 0 Å². The van der Waals surface area contributed by atoms with Crippen LogP contribution in [0.25, 0.3) is 0 Å². The van der Waals surface area contributed by atoms with Crippen LogP contribution in [0.15, 0.2) is 0 Å². The Bertz CT molecular complexity index is 501. The number of hydrogen-bond acceptors (Lipinski definition) is 4. The van der Waals surface area contributed by atoms with Crippen LogP contribution in [0, 0.1) is 5.92 Å². The van der Waals surface area contributed by atoms with Gasteiger partial charge in [0, 0.05) is 12.3 Å². The summed E-state index contributed by atoms with van der Waals surface area (Å²) in [5.41, 5.74) is -0.557. The molecule has 21 heavy (non-hydrogen) atoms. The van der Waals surface area contributed by atoms with E-state index in [-0.39, 0.29) is 29.0 Å². The lowest BCUT2D eigenvalue weighted by molar-refractivity contribution is -0.252. The zero-order valence-electron chi connectivity index (χ0n) is 14.3. The van der Waals surface area contributed by atoms with Crippen LogP contribution < -0.4 is 0 Å². The molecule has 0 radical (unpaired) electrons. The van der Waals surface area contributed by atoms with Gasteiger partial charge in [-0.1, -0.05) is 0 Å². The highest BCUT2D eigenvalue weighted by atomic mass is 28.4. The predicted octanol–water partition coefficient (Wildman–Crippen LogP) is 3.07. The first-order valence-corrected chi connectivity index (χ1v) is 11.6. The summed E-state index contributed by atoms with van der Waals surface area (Å²) in [4.78, 5) is 0. The summed E-state index contributed by atoms with van der Waals surface area (Å²) in [6.45, 7) is 15.2. The van der Waals surface area contributed by atoms with Gasteiger partial charge in [0.05, 0.1) is 11.2 Å². The molecule has 1 aliphatic carbocycles. The average Bonchev–Trinajstić information content (AvgIpc) is 2.77. The molecule has 0 aromatic rings. The molecule has 4 aliphatic rings. The monoisotopic (exact) mass is 312 g/mol. The van der Waals surface area contributed by atoms with E-state index >= 15 is 0 Å². The topological polar surface area (TPSA) is 36.9 Å². The zero-order valence-corrected chi connectivity index (χ0v) is 15.3. The molecular formula is C16H28O4Si. The van der Waals surface area contributed by atoms with Gasteiger partial charge < -0.3 is 18.6 Å². The Morgan fingerprint density at radius 1 is 1.00 bits per heavy atom. The summed E-state index contributed by atoms with van der Waals surface area (Å²) >= 11 is 0. The lowest BCUT2D eigenvalue weighted by Crippen LogP contribution is -2.52. The molecule has 4 rings (SSSR count). The Balaban J connectivity index is 1.70. The minimum Gasteiger partial charge on any atom is -0.412 e. The van der Waals surface area contributed by atoms with Gasteiger partial charge in [-0.15, -0.1) is 0 Å². The fourth-order valence-corrected chi connectivity index (χ4v) is 6.73. The van der Waals surface area contributed by atoms with Crippen molar-refractivity contribution >= 4 is 8.32 Å². The molecule has 2 bridgehead atoms. The van der Waals surface area contributed by atoms with E-state index in [9.17, 15) is 0 Å². The molecule has 6 atom stereocenters. The molecule has 0 N–H and O–H groups in total. The van der Waals surface area contributed by atoms with Crippen molar-refractivity contribution < 1.29 is 18.6 Å². The van der Waals surface area contributed by atoms with E-state index in [4.69, 9.17) is 18.6 Å². The third kappa shape index (κ3) is 1.88. The van der Waals surface area contributed by atoms with Crippen LogP contribution in [0.3, 0.4) is 0 Å². The van der Waals surface area contributed by atoms with Gasteiger partial charge in [-0.05, 0) is 53.8 Å². The largest absolute Gasteiger partial charge is 0.412 e. The van der Waals surface area contributed by atoms with E-state index < -0.39 is 14.1 Å². The number of rotatable bonds is 2. The molecule has 0 unspecified atom stereocenters. The molecule has 3 heterocycles. The first-order chi connectivity index (χ1) is 9.39. The Hall–Kier alpha value is 0.0569. The molecule has 0 spiro atoms. The molecule has 120 valence electrons. The number of fused-ring (bicyclic) bond motifs is 7. The molecule has 5 heteroatoms. The second kappa shape index (κ2) is 3.59. The van der Waals surface area contributed by atoms with Gasteiger partial charge in [0.15, 0.2) is 14.1 Å². The van der Waals surface area contributed by atoms with E-state index in [1.54, 1.807) is 0 Å². The Kier molecular flexibility index (Phi) is 2.50. The Morgan fingerprint density at radius 3 is 2.24 bits per heavy atom. The third-order valence-corrected chi connectivity index (χ3v) is 6.61. The number of ether oxygens (including phenoxy) is 3. The fraction of sp³-hybridized carbons (Fsp3) is 1.00. The highest BCUT2D eigenvalue weighted by Gasteiger charge is 2.81. The van der Waals surface area contributed by atoms with Gasteiger partial charge in [-0.2, -0.15) is 0 Å². The van der Waals surface area contributed by atoms with Crippen molar-refractivity contribution in [3.05, 3.63) is 0 Å². The van der Waals surface area contributed by atoms with Crippen LogP contribution in [0.1, 0.15) is 40.5 Å². The molecule has 0 amide bonds. The zero-order chi connectivity index (χ0) is 15.5. The van der Waals surface area contributed by atoms with Crippen LogP contribution in [0.2, 0.25) is 19.6 Å². The predicted molar refractivity (Wildman–Crippen MR) is 81.6 cm³/mol. The highest BCUT2D eigenvalue weighted by molar-refractivity contribution is 6.69. The van der Waals surface area contributed by atoms with Gasteiger partial charge in [0.1, 0.15) is 17.8 Å². The van der Waals surface area contributed by atoms with Crippen molar-refractivity contribution in [3.8, 4) is 0 Å². The molecule has 4 fully saturated rings. The maximum Gasteiger partial charge on any atom is 0.184 e. The van der Waals surface area contributed by atoms with Gasteiger partial charge in [-0.3, -0.25) is 0 Å². The lowest BCUT2D eigenvalue weighted by Gasteiger charge is -2.44. The Labute approximate surface area is 128 Å². The van der Waals surface area contributed by atoms with Gasteiger partial charge in [0.2, 0.25) is 0 Å². The maximum atomic E-state index is 6.62. The van der Waals surface area contributed by atoms with Crippen molar-refractivity contribution in [1.29, 1.82) is 0 Å². The molecule has 0 aromatic carbocycles. The standard InChI is InChI=1S/C16H28O4Si/c1-13(2)17-11-12(18-13)15(4)10-8-16(10,20-21(5,6)7)9-14(11,3)19-15/h10-12H,8-9H2,1-7H3/t10-,11+,12-,14-,15+,16-/m0/s1. The molecule has 1 saturated carbocycles. The minimum absolute atomic E-state index is 0.00737. The summed E-state index contributed by atoms with van der Waals surface area (Å²) in [6, 6.07) is 0. The summed E-state index contributed by atoms with van der Waals surface area (Å²) < 4.78 is 25.6. The van der Waals surface area contributed by atoms with Gasteiger partial charge >= 0.3 is 0 Å². The smallest absolute Gasteiger partial charge is 0.184 e. The highest BCUT2D eigenvalue weighted by Crippen LogP contribution is 2.70. The van der Waals surface area contributed by atoms with E-state index in [0.717, 1.165) is 12.8 Å². The van der Waals surface area contributed by atoms with Crippen molar-refractivity contribution in [3.63, 3.8) is 0 Å². The summed E-state index contributed by atoms with van der Waals surface area (Å²) in [7, 11) is -1.57. The van der Waals surface area contributed by atoms with Crippen LogP contribution in [0.4, 0.5) is 0 Å². The van der Waals surface area contributed by atoms with Crippen LogP contribution in [0.5, 0.6) is 0 Å². The van der Waals surface area contributed by atoms with Gasteiger partial charge in [-0.25, -0.2) is 0 Å². The molecule has 3 aliphatic heterocycles. The van der Waals surface area contributed by atoms with Crippen molar-refractivity contribution in [2.45, 2.75) is 95.0 Å². The van der Waals surface area contributed by atoms with E-state index in [2.05, 4.69) is 33.5 Å². The van der Waals surface area contributed by atoms with Crippen LogP contribution in [-0.4, -0.2) is 43.1 Å². The van der Waals surface area contributed by atoms with Crippen LogP contribution >= 0.6 is 0 Å². The Morgan fingerprint density at radius 2 is 1.62 bits per heavy atom. The third-order valence-electron chi connectivity index (χ3n) is 5.59. The molecule has 4 nitrogen and oxygen atoms in total. The average molecular weight is 312 g/mol. The van der Waals surface area contributed by atoms with E-state index in [0.29, 0.717) is 5.92 Å². The number of hydrogen-bond donors (Lipinski definition) is 0. The SMILES string of the molecule is CC1(C)O[C@@H]2[C@H](O1)[C@]1(C)O[C@@]2(C)C[C@@]2(O[Si](C)(C)C)C[C@H]21. The molecular weight excluding hydrogens is 284 g/mol.